The van der Waals surface area contributed by atoms with Gasteiger partial charge in [-0.3, -0.25) is 20.2 Å². The summed E-state index contributed by atoms with van der Waals surface area (Å²) < 4.78 is 18.8. The van der Waals surface area contributed by atoms with Crippen LogP contribution >= 0.6 is 0 Å². The Balaban J connectivity index is 2.42. The molecule has 8 heteroatoms. The van der Waals surface area contributed by atoms with Gasteiger partial charge in [-0.2, -0.15) is 4.39 Å². The minimum absolute atomic E-state index is 0.131. The second-order valence-corrected chi connectivity index (χ2v) is 4.15. The number of aryl methyl sites for hydroxylation is 1. The molecule has 0 aromatic heterocycles. The lowest BCUT2D eigenvalue weighted by molar-refractivity contribution is -0.388. The van der Waals surface area contributed by atoms with Crippen LogP contribution in [0.1, 0.15) is 5.56 Å². The maximum atomic E-state index is 13.5. The molecule has 0 aliphatic carbocycles. The van der Waals surface area contributed by atoms with Gasteiger partial charge >= 0.3 is 5.69 Å². The number of rotatable bonds is 4. The molecule has 0 unspecified atom stereocenters. The van der Waals surface area contributed by atoms with Crippen molar-refractivity contribution in [2.75, 3.05) is 0 Å². The molecule has 0 saturated carbocycles. The SMILES string of the molecule is Cc1cc([N+](=O)[O-])ccc1Oc1cccc(F)c1[N+](=O)[O-]. The number of non-ortho nitro benzene ring substituents is 1. The molecule has 108 valence electrons. The third-order valence-electron chi connectivity index (χ3n) is 2.72. The summed E-state index contributed by atoms with van der Waals surface area (Å²) in [6.07, 6.45) is 0. The van der Waals surface area contributed by atoms with Gasteiger partial charge in [-0.1, -0.05) is 6.07 Å². The van der Waals surface area contributed by atoms with Crippen LogP contribution in [-0.4, -0.2) is 9.85 Å². The van der Waals surface area contributed by atoms with Crippen LogP contribution in [0.4, 0.5) is 15.8 Å². The zero-order valence-electron chi connectivity index (χ0n) is 10.8. The Labute approximate surface area is 117 Å². The number of nitrogens with zero attached hydrogens (tertiary/aromatic N) is 2. The van der Waals surface area contributed by atoms with E-state index in [4.69, 9.17) is 4.74 Å². The van der Waals surface area contributed by atoms with E-state index in [2.05, 4.69) is 0 Å². The third-order valence-corrected chi connectivity index (χ3v) is 2.72. The fourth-order valence-electron chi connectivity index (χ4n) is 1.74. The van der Waals surface area contributed by atoms with E-state index < -0.39 is 21.4 Å². The summed E-state index contributed by atoms with van der Waals surface area (Å²) >= 11 is 0. The summed E-state index contributed by atoms with van der Waals surface area (Å²) in [5.74, 6) is -1.11. The Kier molecular flexibility index (Phi) is 3.79. The molecule has 2 rings (SSSR count). The first-order valence-corrected chi connectivity index (χ1v) is 5.76. The van der Waals surface area contributed by atoms with Crippen LogP contribution < -0.4 is 4.74 Å². The minimum Gasteiger partial charge on any atom is -0.450 e. The fourth-order valence-corrected chi connectivity index (χ4v) is 1.74. The van der Waals surface area contributed by atoms with E-state index in [1.807, 2.05) is 0 Å². The maximum absolute atomic E-state index is 13.5. The van der Waals surface area contributed by atoms with E-state index in [1.54, 1.807) is 6.92 Å². The highest BCUT2D eigenvalue weighted by molar-refractivity contribution is 5.51. The summed E-state index contributed by atoms with van der Waals surface area (Å²) in [7, 11) is 0. The van der Waals surface area contributed by atoms with Gasteiger partial charge in [0, 0.05) is 12.1 Å². The van der Waals surface area contributed by atoms with Crippen molar-refractivity contribution in [2.45, 2.75) is 6.92 Å². The molecule has 7 nitrogen and oxygen atoms in total. The lowest BCUT2D eigenvalue weighted by atomic mass is 10.2. The van der Waals surface area contributed by atoms with Crippen LogP contribution in [0.5, 0.6) is 11.5 Å². The summed E-state index contributed by atoms with van der Waals surface area (Å²) in [4.78, 5) is 20.0. The molecule has 0 saturated heterocycles. The number of nitro groups is 2. The molecule has 0 aliphatic rings. The van der Waals surface area contributed by atoms with Gasteiger partial charge in [-0.15, -0.1) is 0 Å². The largest absolute Gasteiger partial charge is 0.450 e. The molecule has 0 N–H and O–H groups in total. The number of para-hydroxylation sites is 1. The van der Waals surface area contributed by atoms with Crippen LogP contribution in [0.15, 0.2) is 36.4 Å². The molecule has 2 aromatic rings. The Morgan fingerprint density at radius 1 is 1.05 bits per heavy atom. The molecule has 0 atom stereocenters. The van der Waals surface area contributed by atoms with E-state index in [1.165, 1.54) is 30.3 Å². The molecule has 0 aliphatic heterocycles. The highest BCUT2D eigenvalue weighted by Gasteiger charge is 2.22. The smallest absolute Gasteiger partial charge is 0.346 e. The van der Waals surface area contributed by atoms with Crippen LogP contribution in [0.25, 0.3) is 0 Å². The summed E-state index contributed by atoms with van der Waals surface area (Å²) in [5.41, 5.74) is -0.508. The zero-order chi connectivity index (χ0) is 15.6. The molecule has 0 spiro atoms. The first-order chi connectivity index (χ1) is 9.90. The standard InChI is InChI=1S/C13H9FN2O5/c1-8-7-9(15(17)18)5-6-11(8)21-12-4-2-3-10(14)13(12)16(19)20/h2-7H,1H3. The van der Waals surface area contributed by atoms with E-state index in [-0.39, 0.29) is 17.2 Å². The van der Waals surface area contributed by atoms with Crippen molar-refractivity contribution in [1.29, 1.82) is 0 Å². The molecule has 0 heterocycles. The second kappa shape index (κ2) is 5.53. The molecule has 0 radical (unpaired) electrons. The average molecular weight is 292 g/mol. The zero-order valence-corrected chi connectivity index (χ0v) is 10.8. The Hall–Kier alpha value is -3.03. The van der Waals surface area contributed by atoms with E-state index in [0.29, 0.717) is 5.56 Å². The lowest BCUT2D eigenvalue weighted by Gasteiger charge is -2.09. The van der Waals surface area contributed by atoms with Crippen molar-refractivity contribution >= 4 is 11.4 Å². The van der Waals surface area contributed by atoms with Crippen molar-refractivity contribution in [3.8, 4) is 11.5 Å². The molecule has 0 fully saturated rings. The number of hydrogen-bond donors (Lipinski definition) is 0. The predicted molar refractivity (Wildman–Crippen MR) is 71.0 cm³/mol. The molecule has 21 heavy (non-hydrogen) atoms. The van der Waals surface area contributed by atoms with Gasteiger partial charge < -0.3 is 4.74 Å². The van der Waals surface area contributed by atoms with Crippen molar-refractivity contribution in [3.63, 3.8) is 0 Å². The van der Waals surface area contributed by atoms with E-state index >= 15 is 0 Å². The quantitative estimate of drug-likeness (QED) is 0.631. The van der Waals surface area contributed by atoms with Gasteiger partial charge in [0.2, 0.25) is 11.6 Å². The van der Waals surface area contributed by atoms with Gasteiger partial charge in [-0.05, 0) is 30.7 Å². The van der Waals surface area contributed by atoms with Gasteiger partial charge in [0.1, 0.15) is 5.75 Å². The topological polar surface area (TPSA) is 95.5 Å². The number of hydrogen-bond acceptors (Lipinski definition) is 5. The van der Waals surface area contributed by atoms with Gasteiger partial charge in [0.05, 0.1) is 9.85 Å². The van der Waals surface area contributed by atoms with E-state index in [9.17, 15) is 24.6 Å². The first kappa shape index (κ1) is 14.4. The molecular formula is C13H9FN2O5. The minimum atomic E-state index is -1.02. The van der Waals surface area contributed by atoms with Crippen molar-refractivity contribution in [3.05, 3.63) is 68.0 Å². The van der Waals surface area contributed by atoms with Crippen molar-refractivity contribution in [2.24, 2.45) is 0 Å². The Morgan fingerprint density at radius 3 is 2.33 bits per heavy atom. The molecule has 0 amide bonds. The lowest BCUT2D eigenvalue weighted by Crippen LogP contribution is -1.98. The Morgan fingerprint density at radius 2 is 1.76 bits per heavy atom. The molecular weight excluding hydrogens is 283 g/mol. The summed E-state index contributed by atoms with van der Waals surface area (Å²) in [6.45, 7) is 1.55. The highest BCUT2D eigenvalue weighted by atomic mass is 19.1. The summed E-state index contributed by atoms with van der Waals surface area (Å²) in [5, 5.41) is 21.5. The van der Waals surface area contributed by atoms with Gasteiger partial charge in [0.25, 0.3) is 5.69 Å². The van der Waals surface area contributed by atoms with Crippen LogP contribution in [-0.2, 0) is 0 Å². The first-order valence-electron chi connectivity index (χ1n) is 5.76. The highest BCUT2D eigenvalue weighted by Crippen LogP contribution is 2.35. The molecule has 2 aromatic carbocycles. The number of ether oxygens (including phenoxy) is 1. The van der Waals surface area contributed by atoms with Crippen molar-refractivity contribution in [1.82, 2.24) is 0 Å². The molecule has 0 bridgehead atoms. The van der Waals surface area contributed by atoms with Crippen LogP contribution in [0.3, 0.4) is 0 Å². The monoisotopic (exact) mass is 292 g/mol. The van der Waals surface area contributed by atoms with Crippen LogP contribution in [0.2, 0.25) is 0 Å². The third kappa shape index (κ3) is 2.94. The summed E-state index contributed by atoms with van der Waals surface area (Å²) in [6, 6.07) is 7.25. The number of benzene rings is 2. The van der Waals surface area contributed by atoms with Crippen molar-refractivity contribution < 1.29 is 19.0 Å². The Bertz CT molecular complexity index is 732. The fraction of sp³-hybridized carbons (Fsp3) is 0.0769. The normalized spacial score (nSPS) is 10.2. The number of nitro benzene ring substituents is 2. The maximum Gasteiger partial charge on any atom is 0.346 e. The second-order valence-electron chi connectivity index (χ2n) is 4.15. The van der Waals surface area contributed by atoms with Gasteiger partial charge in [0.15, 0.2) is 0 Å². The predicted octanol–water partition coefficient (Wildman–Crippen LogP) is 3.74. The van der Waals surface area contributed by atoms with Crippen LogP contribution in [0, 0.1) is 33.0 Å². The number of halogens is 1. The average Bonchev–Trinajstić information content (AvgIpc) is 2.40. The van der Waals surface area contributed by atoms with E-state index in [0.717, 1.165) is 6.07 Å². The van der Waals surface area contributed by atoms with Gasteiger partial charge in [-0.25, -0.2) is 0 Å².